The summed E-state index contributed by atoms with van der Waals surface area (Å²) in [6, 6.07) is 3.56. The van der Waals surface area contributed by atoms with Crippen molar-refractivity contribution in [3.8, 4) is 6.07 Å². The molecule has 2 aromatic rings. The second kappa shape index (κ2) is 5.19. The van der Waals surface area contributed by atoms with Gasteiger partial charge in [-0.2, -0.15) is 10.2 Å². The van der Waals surface area contributed by atoms with E-state index < -0.39 is 9.84 Å². The summed E-state index contributed by atoms with van der Waals surface area (Å²) < 4.78 is 29.8. The average Bonchev–Trinajstić information content (AvgIpc) is 2.75. The number of rotatable bonds is 4. The quantitative estimate of drug-likeness (QED) is 0.777. The third-order valence-electron chi connectivity index (χ3n) is 2.85. The van der Waals surface area contributed by atoms with Gasteiger partial charge in [-0.3, -0.25) is 0 Å². The molecular formula is C12H14N4O3S. The van der Waals surface area contributed by atoms with E-state index in [-0.39, 0.29) is 11.2 Å². The molecule has 0 fully saturated rings. The Balaban J connectivity index is 2.73. The third kappa shape index (κ3) is 2.50. The van der Waals surface area contributed by atoms with Gasteiger partial charge in [-0.25, -0.2) is 13.4 Å². The van der Waals surface area contributed by atoms with Gasteiger partial charge in [0.25, 0.3) is 0 Å². The van der Waals surface area contributed by atoms with Crippen LogP contribution < -0.4 is 0 Å². The monoisotopic (exact) mass is 294 g/mol. The lowest BCUT2D eigenvalue weighted by Gasteiger charge is -2.14. The van der Waals surface area contributed by atoms with E-state index in [0.717, 1.165) is 6.26 Å². The van der Waals surface area contributed by atoms with E-state index in [1.165, 1.54) is 6.20 Å². The van der Waals surface area contributed by atoms with Crippen LogP contribution in [0.4, 0.5) is 0 Å². The normalized spacial score (nSPS) is 13.3. The van der Waals surface area contributed by atoms with Crippen molar-refractivity contribution in [1.82, 2.24) is 14.5 Å². The predicted octanol–water partition coefficient (Wildman–Crippen LogP) is 0.914. The van der Waals surface area contributed by atoms with Gasteiger partial charge in [0.2, 0.25) is 15.0 Å². The molecule has 20 heavy (non-hydrogen) atoms. The first-order valence-corrected chi connectivity index (χ1v) is 7.74. The summed E-state index contributed by atoms with van der Waals surface area (Å²) in [5, 5.41) is 9.56. The Bertz CT molecular complexity index is 789. The van der Waals surface area contributed by atoms with Crippen LogP contribution in [0.3, 0.4) is 0 Å². The number of hydrogen-bond donors (Lipinski definition) is 0. The molecule has 0 aromatic carbocycles. The zero-order valence-corrected chi connectivity index (χ0v) is 12.2. The average molecular weight is 294 g/mol. The Morgan fingerprint density at radius 2 is 2.25 bits per heavy atom. The minimum Gasteiger partial charge on any atom is -0.383 e. The molecule has 0 aliphatic rings. The molecule has 0 saturated heterocycles. The first-order valence-electron chi connectivity index (χ1n) is 5.85. The molecule has 0 amide bonds. The fourth-order valence-electron chi connectivity index (χ4n) is 2.02. The standard InChI is InChI=1S/C12H14N4O3S/c1-8(7-19-2)16-10(5-13)4-9-6-14-12(15-11(9)16)20(3,17)18/h4,6,8H,7H2,1-3H3/t8-/m0/s1. The minimum atomic E-state index is -3.50. The topological polar surface area (TPSA) is 97.9 Å². The molecule has 0 aliphatic heterocycles. The molecule has 2 heterocycles. The SMILES string of the molecule is COC[C@H](C)n1c(C#N)cc2cnc(S(C)(=O)=O)nc21. The summed E-state index contributed by atoms with van der Waals surface area (Å²) in [5.41, 5.74) is 0.811. The fourth-order valence-corrected chi connectivity index (χ4v) is 2.52. The molecule has 0 radical (unpaired) electrons. The fraction of sp³-hybridized carbons (Fsp3) is 0.417. The van der Waals surface area contributed by atoms with E-state index >= 15 is 0 Å². The largest absolute Gasteiger partial charge is 0.383 e. The Kier molecular flexibility index (Phi) is 3.74. The summed E-state index contributed by atoms with van der Waals surface area (Å²) in [7, 11) is -1.94. The van der Waals surface area contributed by atoms with Crippen molar-refractivity contribution >= 4 is 20.9 Å². The van der Waals surface area contributed by atoms with Crippen LogP contribution in [-0.2, 0) is 14.6 Å². The van der Waals surface area contributed by atoms with Crippen LogP contribution in [0.15, 0.2) is 17.4 Å². The van der Waals surface area contributed by atoms with Gasteiger partial charge in [-0.05, 0) is 13.0 Å². The molecule has 0 saturated carbocycles. The zero-order chi connectivity index (χ0) is 14.9. The number of fused-ring (bicyclic) bond motifs is 1. The summed E-state index contributed by atoms with van der Waals surface area (Å²) in [5.74, 6) is 0. The second-order valence-corrected chi connectivity index (χ2v) is 6.43. The van der Waals surface area contributed by atoms with Crippen molar-refractivity contribution < 1.29 is 13.2 Å². The summed E-state index contributed by atoms with van der Waals surface area (Å²) in [4.78, 5) is 7.89. The molecule has 2 aromatic heterocycles. The van der Waals surface area contributed by atoms with Gasteiger partial charge in [-0.15, -0.1) is 0 Å². The highest BCUT2D eigenvalue weighted by Crippen LogP contribution is 2.23. The first-order chi connectivity index (χ1) is 9.38. The molecule has 0 spiro atoms. The Morgan fingerprint density at radius 3 is 2.80 bits per heavy atom. The van der Waals surface area contributed by atoms with Gasteiger partial charge >= 0.3 is 0 Å². The molecule has 0 aliphatic carbocycles. The van der Waals surface area contributed by atoms with E-state index in [2.05, 4.69) is 16.0 Å². The molecule has 2 rings (SSSR count). The van der Waals surface area contributed by atoms with Gasteiger partial charge in [0.15, 0.2) is 0 Å². The lowest BCUT2D eigenvalue weighted by Crippen LogP contribution is -2.14. The van der Waals surface area contributed by atoms with E-state index in [0.29, 0.717) is 23.3 Å². The maximum atomic E-state index is 11.5. The minimum absolute atomic E-state index is 0.144. The molecule has 106 valence electrons. The molecule has 0 N–H and O–H groups in total. The summed E-state index contributed by atoms with van der Waals surface area (Å²) in [6.07, 6.45) is 2.46. The van der Waals surface area contributed by atoms with Crippen molar-refractivity contribution in [3.63, 3.8) is 0 Å². The van der Waals surface area contributed by atoms with Crippen LogP contribution in [-0.4, -0.2) is 42.9 Å². The maximum Gasteiger partial charge on any atom is 0.248 e. The smallest absolute Gasteiger partial charge is 0.248 e. The van der Waals surface area contributed by atoms with Crippen LogP contribution in [0, 0.1) is 11.3 Å². The number of nitriles is 1. The van der Waals surface area contributed by atoms with Crippen LogP contribution in [0.1, 0.15) is 18.7 Å². The highest BCUT2D eigenvalue weighted by molar-refractivity contribution is 7.90. The number of hydrogen-bond acceptors (Lipinski definition) is 6. The highest BCUT2D eigenvalue weighted by atomic mass is 32.2. The molecule has 0 bridgehead atoms. The number of methoxy groups -OCH3 is 1. The van der Waals surface area contributed by atoms with Gasteiger partial charge in [0.1, 0.15) is 17.4 Å². The Morgan fingerprint density at radius 1 is 1.55 bits per heavy atom. The van der Waals surface area contributed by atoms with Crippen LogP contribution in [0.5, 0.6) is 0 Å². The van der Waals surface area contributed by atoms with Crippen molar-refractivity contribution in [1.29, 1.82) is 5.26 Å². The molecule has 8 heteroatoms. The van der Waals surface area contributed by atoms with E-state index in [1.807, 2.05) is 6.92 Å². The van der Waals surface area contributed by atoms with Crippen molar-refractivity contribution in [3.05, 3.63) is 18.0 Å². The van der Waals surface area contributed by atoms with Gasteiger partial charge in [-0.1, -0.05) is 0 Å². The number of nitrogens with zero attached hydrogens (tertiary/aromatic N) is 4. The van der Waals surface area contributed by atoms with E-state index in [4.69, 9.17) is 4.74 Å². The predicted molar refractivity (Wildman–Crippen MR) is 71.9 cm³/mol. The van der Waals surface area contributed by atoms with Crippen molar-refractivity contribution in [2.75, 3.05) is 20.0 Å². The number of sulfone groups is 1. The van der Waals surface area contributed by atoms with E-state index in [1.54, 1.807) is 17.7 Å². The van der Waals surface area contributed by atoms with Crippen molar-refractivity contribution in [2.45, 2.75) is 18.1 Å². The second-order valence-electron chi connectivity index (χ2n) is 4.52. The summed E-state index contributed by atoms with van der Waals surface area (Å²) >= 11 is 0. The van der Waals surface area contributed by atoms with Crippen LogP contribution in [0.25, 0.3) is 11.0 Å². The zero-order valence-electron chi connectivity index (χ0n) is 11.4. The maximum absolute atomic E-state index is 11.5. The molecule has 0 unspecified atom stereocenters. The number of ether oxygens (including phenoxy) is 1. The summed E-state index contributed by atoms with van der Waals surface area (Å²) in [6.45, 7) is 2.25. The first kappa shape index (κ1) is 14.4. The van der Waals surface area contributed by atoms with Gasteiger partial charge in [0.05, 0.1) is 12.6 Å². The Labute approximate surface area is 116 Å². The number of aromatic nitrogens is 3. The third-order valence-corrected chi connectivity index (χ3v) is 3.71. The van der Waals surface area contributed by atoms with Crippen LogP contribution >= 0.6 is 0 Å². The lowest BCUT2D eigenvalue weighted by molar-refractivity contribution is 0.163. The van der Waals surface area contributed by atoms with Gasteiger partial charge < -0.3 is 9.30 Å². The van der Waals surface area contributed by atoms with Gasteiger partial charge in [0, 0.05) is 24.9 Å². The molecule has 7 nitrogen and oxygen atoms in total. The Hall–Kier alpha value is -1.98. The van der Waals surface area contributed by atoms with Crippen LogP contribution in [0.2, 0.25) is 0 Å². The van der Waals surface area contributed by atoms with E-state index in [9.17, 15) is 13.7 Å². The highest BCUT2D eigenvalue weighted by Gasteiger charge is 2.19. The lowest BCUT2D eigenvalue weighted by atomic mass is 10.3. The molecular weight excluding hydrogens is 280 g/mol. The van der Waals surface area contributed by atoms with Crippen molar-refractivity contribution in [2.24, 2.45) is 0 Å². The molecule has 1 atom stereocenters.